The summed E-state index contributed by atoms with van der Waals surface area (Å²) in [4.78, 5) is 12.2. The summed E-state index contributed by atoms with van der Waals surface area (Å²) in [6, 6.07) is 14.7. The summed E-state index contributed by atoms with van der Waals surface area (Å²) in [6.07, 6.45) is -6.05. The Hall–Kier alpha value is -3.06. The molecule has 0 spiro atoms. The van der Waals surface area contributed by atoms with E-state index in [1.165, 1.54) is 24.3 Å². The van der Waals surface area contributed by atoms with Gasteiger partial charge in [-0.25, -0.2) is 4.79 Å². The average molecular weight is 432 g/mol. The number of aryl methyl sites for hydroxylation is 1. The quantitative estimate of drug-likeness (QED) is 0.490. The summed E-state index contributed by atoms with van der Waals surface area (Å²) in [7, 11) is 0. The number of carbonyl (C=O) groups is 1. The van der Waals surface area contributed by atoms with Crippen LogP contribution in [0.2, 0.25) is 0 Å². The van der Waals surface area contributed by atoms with Crippen LogP contribution in [0.25, 0.3) is 21.9 Å². The van der Waals surface area contributed by atoms with Gasteiger partial charge in [0.05, 0.1) is 5.60 Å². The minimum Gasteiger partial charge on any atom is -0.479 e. The third-order valence-corrected chi connectivity index (χ3v) is 4.63. The van der Waals surface area contributed by atoms with Crippen molar-refractivity contribution in [2.24, 2.45) is 0 Å². The first-order chi connectivity index (χ1) is 14.4. The number of carboxylic acid groups (broad SMARTS) is 1. The summed E-state index contributed by atoms with van der Waals surface area (Å²) in [5, 5.41) is 11.6. The van der Waals surface area contributed by atoms with Crippen LogP contribution in [0.15, 0.2) is 54.6 Å². The maximum Gasteiger partial charge on any atom is 0.573 e. The van der Waals surface area contributed by atoms with Crippen molar-refractivity contribution < 1.29 is 32.5 Å². The van der Waals surface area contributed by atoms with Crippen molar-refractivity contribution in [3.8, 4) is 16.9 Å². The van der Waals surface area contributed by atoms with Crippen LogP contribution in [0.4, 0.5) is 13.2 Å². The Labute approximate surface area is 178 Å². The van der Waals surface area contributed by atoms with Gasteiger partial charge in [0, 0.05) is 5.56 Å². The van der Waals surface area contributed by atoms with Crippen molar-refractivity contribution in [3.05, 3.63) is 65.7 Å². The fourth-order valence-corrected chi connectivity index (χ4v) is 3.56. The van der Waals surface area contributed by atoms with Gasteiger partial charge in [0.2, 0.25) is 0 Å². The molecule has 0 fully saturated rings. The SMILES string of the molecule is Cc1cc2ccccc2c(-c2ccc(OC(F)(F)F)cc2)c1[C@H](OC(C)(C)C)C(=O)O. The molecule has 1 N–H and O–H groups in total. The molecule has 0 amide bonds. The van der Waals surface area contributed by atoms with E-state index in [0.717, 1.165) is 10.8 Å². The first-order valence-corrected chi connectivity index (χ1v) is 9.65. The molecule has 0 aliphatic heterocycles. The Morgan fingerprint density at radius 3 is 2.16 bits per heavy atom. The highest BCUT2D eigenvalue weighted by Gasteiger charge is 2.32. The van der Waals surface area contributed by atoms with Crippen LogP contribution in [0.1, 0.15) is 38.0 Å². The molecule has 3 aromatic carbocycles. The number of carboxylic acids is 1. The van der Waals surface area contributed by atoms with Gasteiger partial charge in [0.1, 0.15) is 5.75 Å². The summed E-state index contributed by atoms with van der Waals surface area (Å²) in [5.74, 6) is -1.50. The number of ether oxygens (including phenoxy) is 2. The van der Waals surface area contributed by atoms with Gasteiger partial charge in [-0.1, -0.05) is 42.5 Å². The molecule has 0 radical (unpaired) electrons. The first kappa shape index (κ1) is 22.6. The van der Waals surface area contributed by atoms with Crippen molar-refractivity contribution in [3.63, 3.8) is 0 Å². The Morgan fingerprint density at radius 1 is 1.00 bits per heavy atom. The molecular formula is C24H23F3O4. The van der Waals surface area contributed by atoms with Crippen LogP contribution in [0, 0.1) is 6.92 Å². The second-order valence-corrected chi connectivity index (χ2v) is 8.22. The third kappa shape index (κ3) is 5.35. The molecule has 0 saturated heterocycles. The second-order valence-electron chi connectivity index (χ2n) is 8.22. The van der Waals surface area contributed by atoms with E-state index in [-0.39, 0.29) is 5.75 Å². The normalized spacial score (nSPS) is 13.3. The molecule has 0 bridgehead atoms. The smallest absolute Gasteiger partial charge is 0.479 e. The predicted molar refractivity (Wildman–Crippen MR) is 112 cm³/mol. The minimum absolute atomic E-state index is 0.351. The van der Waals surface area contributed by atoms with E-state index in [1.807, 2.05) is 30.3 Å². The minimum atomic E-state index is -4.79. The summed E-state index contributed by atoms with van der Waals surface area (Å²) in [6.45, 7) is 7.10. The second kappa shape index (κ2) is 8.23. The maximum absolute atomic E-state index is 12.5. The molecule has 0 unspecified atom stereocenters. The highest BCUT2D eigenvalue weighted by atomic mass is 19.4. The van der Waals surface area contributed by atoms with Gasteiger partial charge in [-0.2, -0.15) is 0 Å². The lowest BCUT2D eigenvalue weighted by atomic mass is 9.87. The zero-order chi connectivity index (χ0) is 23.0. The van der Waals surface area contributed by atoms with Crippen LogP contribution in [-0.2, 0) is 9.53 Å². The van der Waals surface area contributed by atoms with Gasteiger partial charge < -0.3 is 14.6 Å². The van der Waals surface area contributed by atoms with Crippen LogP contribution < -0.4 is 4.74 Å². The van der Waals surface area contributed by atoms with E-state index in [4.69, 9.17) is 4.74 Å². The number of halogens is 3. The molecule has 0 heterocycles. The number of hydrogen-bond donors (Lipinski definition) is 1. The van der Waals surface area contributed by atoms with Crippen molar-refractivity contribution >= 4 is 16.7 Å². The molecule has 0 aliphatic carbocycles. The Kier molecular flexibility index (Phi) is 6.00. The standard InChI is InChI=1S/C24H23F3O4/c1-14-13-16-7-5-6-8-18(16)20(19(14)21(22(28)29)31-23(2,3)4)15-9-11-17(12-10-15)30-24(25,26)27/h5-13,21H,1-4H3,(H,28,29)/t21-/m0/s1. The van der Waals surface area contributed by atoms with Crippen LogP contribution in [-0.4, -0.2) is 23.0 Å². The fourth-order valence-electron chi connectivity index (χ4n) is 3.56. The lowest BCUT2D eigenvalue weighted by Crippen LogP contribution is -2.28. The topological polar surface area (TPSA) is 55.8 Å². The van der Waals surface area contributed by atoms with E-state index in [9.17, 15) is 23.1 Å². The van der Waals surface area contributed by atoms with Gasteiger partial charge in [0.25, 0.3) is 0 Å². The van der Waals surface area contributed by atoms with Gasteiger partial charge >= 0.3 is 12.3 Å². The molecule has 0 saturated carbocycles. The number of fused-ring (bicyclic) bond motifs is 1. The van der Waals surface area contributed by atoms with E-state index < -0.39 is 24.0 Å². The summed E-state index contributed by atoms with van der Waals surface area (Å²) >= 11 is 0. The number of rotatable bonds is 5. The van der Waals surface area contributed by atoms with E-state index >= 15 is 0 Å². The molecule has 7 heteroatoms. The molecule has 1 atom stereocenters. The molecule has 3 aromatic rings. The van der Waals surface area contributed by atoms with Gasteiger partial charge in [-0.3, -0.25) is 0 Å². The number of alkyl halides is 3. The van der Waals surface area contributed by atoms with Crippen LogP contribution in [0.5, 0.6) is 5.75 Å². The van der Waals surface area contributed by atoms with E-state index in [2.05, 4.69) is 4.74 Å². The molecule has 164 valence electrons. The molecule has 0 aromatic heterocycles. The summed E-state index contributed by atoms with van der Waals surface area (Å²) < 4.78 is 47.5. The summed E-state index contributed by atoms with van der Waals surface area (Å²) in [5.41, 5.74) is 1.61. The predicted octanol–water partition coefficient (Wildman–Crippen LogP) is 6.65. The molecule has 3 rings (SSSR count). The zero-order valence-electron chi connectivity index (χ0n) is 17.6. The molecular weight excluding hydrogens is 409 g/mol. The Bertz CT molecular complexity index is 1100. The molecule has 31 heavy (non-hydrogen) atoms. The number of hydrogen-bond acceptors (Lipinski definition) is 3. The zero-order valence-corrected chi connectivity index (χ0v) is 17.6. The van der Waals surface area contributed by atoms with Gasteiger partial charge in [-0.05, 0) is 67.3 Å². The van der Waals surface area contributed by atoms with Crippen molar-refractivity contribution in [2.75, 3.05) is 0 Å². The van der Waals surface area contributed by atoms with Crippen molar-refractivity contribution in [1.82, 2.24) is 0 Å². The third-order valence-electron chi connectivity index (χ3n) is 4.63. The first-order valence-electron chi connectivity index (χ1n) is 9.65. The average Bonchev–Trinajstić information content (AvgIpc) is 2.64. The van der Waals surface area contributed by atoms with Gasteiger partial charge in [0.15, 0.2) is 6.10 Å². The number of benzene rings is 3. The number of aliphatic carboxylic acids is 1. The highest BCUT2D eigenvalue weighted by molar-refractivity contribution is 6.01. The van der Waals surface area contributed by atoms with Crippen molar-refractivity contribution in [2.45, 2.75) is 45.8 Å². The van der Waals surface area contributed by atoms with Crippen molar-refractivity contribution in [1.29, 1.82) is 0 Å². The Morgan fingerprint density at radius 2 is 1.61 bits per heavy atom. The maximum atomic E-state index is 12.5. The molecule has 4 nitrogen and oxygen atoms in total. The fraction of sp³-hybridized carbons (Fsp3) is 0.292. The lowest BCUT2D eigenvalue weighted by molar-refractivity contribution is -0.274. The molecule has 0 aliphatic rings. The van der Waals surface area contributed by atoms with E-state index in [0.29, 0.717) is 22.3 Å². The van der Waals surface area contributed by atoms with Crippen LogP contribution in [0.3, 0.4) is 0 Å². The monoisotopic (exact) mass is 432 g/mol. The van der Waals surface area contributed by atoms with Gasteiger partial charge in [-0.15, -0.1) is 13.2 Å². The largest absolute Gasteiger partial charge is 0.573 e. The Balaban J connectivity index is 2.25. The van der Waals surface area contributed by atoms with Crippen LogP contribution >= 0.6 is 0 Å². The van der Waals surface area contributed by atoms with E-state index in [1.54, 1.807) is 27.7 Å². The lowest BCUT2D eigenvalue weighted by Gasteiger charge is -2.28. The highest BCUT2D eigenvalue weighted by Crippen LogP contribution is 2.41.